The van der Waals surface area contributed by atoms with Crippen LogP contribution < -0.4 is 0 Å². The van der Waals surface area contributed by atoms with Gasteiger partial charge in [0.25, 0.3) is 0 Å². The minimum absolute atomic E-state index is 0.625. The molecule has 0 saturated carbocycles. The Morgan fingerprint density at radius 1 is 0.326 bits per heavy atom. The molecule has 0 aliphatic heterocycles. The van der Waals surface area contributed by atoms with Crippen LogP contribution in [0.4, 0.5) is 0 Å². The summed E-state index contributed by atoms with van der Waals surface area (Å²) in [7, 11) is 0. The average molecular weight is 589 g/mol. The van der Waals surface area contributed by atoms with Crippen LogP contribution in [0.15, 0.2) is 170 Å². The highest BCUT2D eigenvalue weighted by molar-refractivity contribution is 6.05. The lowest BCUT2D eigenvalue weighted by molar-refractivity contribution is 1.07. The van der Waals surface area contributed by atoms with E-state index in [4.69, 9.17) is 4.98 Å². The van der Waals surface area contributed by atoms with E-state index in [9.17, 15) is 0 Å². The van der Waals surface area contributed by atoms with E-state index < -0.39 is 0 Å². The van der Waals surface area contributed by atoms with Crippen LogP contribution in [0.1, 0.15) is 0 Å². The highest BCUT2D eigenvalue weighted by Crippen LogP contribution is 2.38. The van der Waals surface area contributed by atoms with Gasteiger partial charge < -0.3 is 0 Å². The van der Waals surface area contributed by atoms with Crippen LogP contribution in [-0.2, 0) is 0 Å². The maximum absolute atomic E-state index is 4.97. The summed E-state index contributed by atoms with van der Waals surface area (Å²) in [6, 6.07) is 53.0. The summed E-state index contributed by atoms with van der Waals surface area (Å²) in [5.74, 6) is 1.26. The number of hydrogen-bond acceptors (Lipinski definition) is 4. The Hall–Kier alpha value is -6.26. The maximum atomic E-state index is 4.97. The van der Waals surface area contributed by atoms with Gasteiger partial charge in [-0.25, -0.2) is 15.0 Å². The van der Waals surface area contributed by atoms with Crippen molar-refractivity contribution < 1.29 is 0 Å². The summed E-state index contributed by atoms with van der Waals surface area (Å²) in [5.41, 5.74) is 11.0. The van der Waals surface area contributed by atoms with Crippen LogP contribution in [0, 0.1) is 0 Å². The molecular weight excluding hydrogens is 560 g/mol. The molecule has 0 bridgehead atoms. The quantitative estimate of drug-likeness (QED) is 0.194. The van der Waals surface area contributed by atoms with Crippen molar-refractivity contribution >= 4 is 10.8 Å². The van der Waals surface area contributed by atoms with Gasteiger partial charge in [-0.15, -0.1) is 0 Å². The summed E-state index contributed by atoms with van der Waals surface area (Å²) in [6.45, 7) is 0. The Bertz CT molecular complexity index is 2280. The van der Waals surface area contributed by atoms with Crippen LogP contribution in [0.5, 0.6) is 0 Å². The summed E-state index contributed by atoms with van der Waals surface area (Å²) in [5, 5.41) is 2.40. The van der Waals surface area contributed by atoms with Crippen molar-refractivity contribution in [3.05, 3.63) is 170 Å². The maximum Gasteiger partial charge on any atom is 0.163 e. The van der Waals surface area contributed by atoms with E-state index in [1.54, 1.807) is 6.33 Å². The van der Waals surface area contributed by atoms with Gasteiger partial charge >= 0.3 is 0 Å². The highest BCUT2D eigenvalue weighted by atomic mass is 15.0. The molecule has 4 heteroatoms. The van der Waals surface area contributed by atoms with Gasteiger partial charge in [0, 0.05) is 23.5 Å². The van der Waals surface area contributed by atoms with Crippen molar-refractivity contribution in [2.75, 3.05) is 0 Å². The molecule has 46 heavy (non-hydrogen) atoms. The van der Waals surface area contributed by atoms with Gasteiger partial charge in [-0.05, 0) is 85.6 Å². The first-order valence-corrected chi connectivity index (χ1v) is 15.3. The molecule has 0 unspecified atom stereocenters. The number of benzene rings is 6. The van der Waals surface area contributed by atoms with Gasteiger partial charge in [0.2, 0.25) is 0 Å². The van der Waals surface area contributed by atoms with Gasteiger partial charge in [-0.3, -0.25) is 4.98 Å². The normalized spacial score (nSPS) is 11.0. The van der Waals surface area contributed by atoms with Crippen molar-refractivity contribution in [2.24, 2.45) is 0 Å². The molecule has 0 radical (unpaired) electrons. The Labute approximate surface area is 267 Å². The van der Waals surface area contributed by atoms with E-state index in [2.05, 4.69) is 148 Å². The summed E-state index contributed by atoms with van der Waals surface area (Å²) in [6.07, 6.45) is 5.25. The topological polar surface area (TPSA) is 51.6 Å². The SMILES string of the molecule is c1ccc(-c2ccc(-c3ncnc(-c4cc(-c5ccncc5)cc(-c5ccc(-c6ccccc6)c6ccccc56)c4)n3)cc2)cc1. The van der Waals surface area contributed by atoms with Crippen molar-refractivity contribution in [3.8, 4) is 67.3 Å². The van der Waals surface area contributed by atoms with E-state index in [1.807, 2.05) is 30.6 Å². The van der Waals surface area contributed by atoms with Gasteiger partial charge in [0.15, 0.2) is 11.6 Å². The molecule has 0 saturated heterocycles. The lowest BCUT2D eigenvalue weighted by atomic mass is 9.90. The molecule has 216 valence electrons. The molecule has 0 atom stereocenters. The Morgan fingerprint density at radius 3 is 1.48 bits per heavy atom. The zero-order chi connectivity index (χ0) is 30.7. The number of hydrogen-bond donors (Lipinski definition) is 0. The van der Waals surface area contributed by atoms with Crippen LogP contribution in [0.25, 0.3) is 78.1 Å². The fourth-order valence-corrected chi connectivity index (χ4v) is 6.06. The Balaban J connectivity index is 1.25. The van der Waals surface area contributed by atoms with Crippen molar-refractivity contribution in [1.82, 2.24) is 19.9 Å². The van der Waals surface area contributed by atoms with E-state index in [0.29, 0.717) is 11.6 Å². The molecule has 0 aliphatic rings. The molecule has 0 spiro atoms. The smallest absolute Gasteiger partial charge is 0.163 e. The molecule has 2 aromatic heterocycles. The zero-order valence-corrected chi connectivity index (χ0v) is 25.0. The first-order chi connectivity index (χ1) is 22.8. The number of nitrogens with zero attached hydrogens (tertiary/aromatic N) is 4. The molecule has 4 nitrogen and oxygen atoms in total. The molecule has 0 N–H and O–H groups in total. The van der Waals surface area contributed by atoms with Crippen LogP contribution in [0.2, 0.25) is 0 Å². The molecular formula is C42H28N4. The number of fused-ring (bicyclic) bond motifs is 1. The first-order valence-electron chi connectivity index (χ1n) is 15.3. The van der Waals surface area contributed by atoms with Crippen molar-refractivity contribution in [1.29, 1.82) is 0 Å². The Morgan fingerprint density at radius 2 is 0.804 bits per heavy atom. The molecule has 6 aromatic carbocycles. The van der Waals surface area contributed by atoms with Crippen molar-refractivity contribution in [2.45, 2.75) is 0 Å². The molecule has 0 aliphatic carbocycles. The van der Waals surface area contributed by atoms with E-state index in [-0.39, 0.29) is 0 Å². The fraction of sp³-hybridized carbons (Fsp3) is 0. The lowest BCUT2D eigenvalue weighted by Gasteiger charge is -2.15. The van der Waals surface area contributed by atoms with E-state index in [1.165, 1.54) is 27.5 Å². The minimum Gasteiger partial charge on any atom is -0.265 e. The second-order valence-corrected chi connectivity index (χ2v) is 11.2. The average Bonchev–Trinajstić information content (AvgIpc) is 3.15. The molecule has 2 heterocycles. The van der Waals surface area contributed by atoms with Crippen molar-refractivity contribution in [3.63, 3.8) is 0 Å². The monoisotopic (exact) mass is 588 g/mol. The minimum atomic E-state index is 0.625. The van der Waals surface area contributed by atoms with Gasteiger partial charge in [0.05, 0.1) is 0 Å². The molecule has 8 aromatic rings. The van der Waals surface area contributed by atoms with Gasteiger partial charge in [-0.2, -0.15) is 0 Å². The molecule has 0 amide bonds. The number of pyridine rings is 1. The second-order valence-electron chi connectivity index (χ2n) is 11.2. The van der Waals surface area contributed by atoms with Gasteiger partial charge in [-0.1, -0.05) is 121 Å². The van der Waals surface area contributed by atoms with Crippen LogP contribution in [-0.4, -0.2) is 19.9 Å². The van der Waals surface area contributed by atoms with Gasteiger partial charge in [0.1, 0.15) is 6.33 Å². The van der Waals surface area contributed by atoms with E-state index in [0.717, 1.165) is 38.9 Å². The summed E-state index contributed by atoms with van der Waals surface area (Å²) >= 11 is 0. The Kier molecular flexibility index (Phi) is 7.14. The predicted molar refractivity (Wildman–Crippen MR) is 188 cm³/mol. The highest BCUT2D eigenvalue weighted by Gasteiger charge is 2.14. The first kappa shape index (κ1) is 27.3. The number of aromatic nitrogens is 4. The predicted octanol–water partition coefficient (Wildman–Crippen LogP) is 10.4. The standard InChI is InChI=1S/C42H28N4/c1-3-9-29(10-4-1)30-15-17-33(18-16-30)41-44-28-45-42(46-41)36-26-34(31-21-23-43-24-22-31)25-35(27-36)38-20-19-37(32-11-5-2-6-12-32)39-13-7-8-14-40(38)39/h1-28H. The lowest BCUT2D eigenvalue weighted by Crippen LogP contribution is -1.96. The second kappa shape index (κ2) is 12.0. The molecule has 8 rings (SSSR count). The van der Waals surface area contributed by atoms with Crippen LogP contribution >= 0.6 is 0 Å². The largest absolute Gasteiger partial charge is 0.265 e. The fourth-order valence-electron chi connectivity index (χ4n) is 6.06. The number of rotatable bonds is 6. The van der Waals surface area contributed by atoms with Crippen LogP contribution in [0.3, 0.4) is 0 Å². The third kappa shape index (κ3) is 5.33. The molecule has 0 fully saturated rings. The third-order valence-corrected chi connectivity index (χ3v) is 8.35. The summed E-state index contributed by atoms with van der Waals surface area (Å²) in [4.78, 5) is 18.4. The summed E-state index contributed by atoms with van der Waals surface area (Å²) < 4.78 is 0. The van der Waals surface area contributed by atoms with E-state index >= 15 is 0 Å². The zero-order valence-electron chi connectivity index (χ0n) is 25.0. The third-order valence-electron chi connectivity index (χ3n) is 8.35.